The van der Waals surface area contributed by atoms with E-state index in [1.807, 2.05) is 12.1 Å². The molecule has 3 nitrogen and oxygen atoms in total. The number of carbonyl (C=O) groups excluding carboxylic acids is 1. The Morgan fingerprint density at radius 2 is 1.80 bits per heavy atom. The molecule has 2 aromatic rings. The Morgan fingerprint density at radius 3 is 2.53 bits per heavy atom. The molecular formula is C26H32FNO2. The van der Waals surface area contributed by atoms with Gasteiger partial charge in [0.05, 0.1) is 13.0 Å². The van der Waals surface area contributed by atoms with Gasteiger partial charge in [0.15, 0.2) is 0 Å². The Labute approximate surface area is 179 Å². The average Bonchev–Trinajstić information content (AvgIpc) is 3.05. The lowest BCUT2D eigenvalue weighted by atomic mass is 9.76. The van der Waals surface area contributed by atoms with Crippen LogP contribution in [0.25, 0.3) is 0 Å². The molecule has 30 heavy (non-hydrogen) atoms. The third-order valence-corrected chi connectivity index (χ3v) is 7.06. The van der Waals surface area contributed by atoms with E-state index in [1.54, 1.807) is 0 Å². The highest BCUT2D eigenvalue weighted by Gasteiger charge is 2.50. The van der Waals surface area contributed by atoms with Gasteiger partial charge in [-0.1, -0.05) is 48.9 Å². The van der Waals surface area contributed by atoms with E-state index in [4.69, 9.17) is 4.74 Å². The summed E-state index contributed by atoms with van der Waals surface area (Å²) < 4.78 is 18.6. The average molecular weight is 410 g/mol. The van der Waals surface area contributed by atoms with Crippen molar-refractivity contribution in [3.63, 3.8) is 0 Å². The second-order valence-corrected chi connectivity index (χ2v) is 8.78. The summed E-state index contributed by atoms with van der Waals surface area (Å²) in [6.07, 6.45) is 7.83. The van der Waals surface area contributed by atoms with E-state index < -0.39 is 0 Å². The molecule has 0 radical (unpaired) electrons. The number of fused-ring (bicyclic) bond motifs is 2. The number of piperidine rings is 1. The topological polar surface area (TPSA) is 29.5 Å². The first kappa shape index (κ1) is 21.0. The third-order valence-electron chi connectivity index (χ3n) is 7.06. The van der Waals surface area contributed by atoms with Crippen LogP contribution in [0.1, 0.15) is 55.6 Å². The van der Waals surface area contributed by atoms with Gasteiger partial charge in [0.1, 0.15) is 5.82 Å². The summed E-state index contributed by atoms with van der Waals surface area (Å²) in [4.78, 5) is 15.3. The number of carbonyl (C=O) groups is 1. The minimum Gasteiger partial charge on any atom is -0.469 e. The standard InChI is InChI=1S/C26H32FNO2/c1-30-26(29)25-23(20-11-13-21(27)14-12-20)18-22-15-16-24(25)28(22)17-7-3-6-10-19-8-4-2-5-9-19/h2,4-5,8-9,11-14,22-25H,3,6-7,10,15-18H2,1H3/t22-,23+,24+,25-/m0/s1. The summed E-state index contributed by atoms with van der Waals surface area (Å²) >= 11 is 0. The fourth-order valence-electron chi connectivity index (χ4n) is 5.62. The predicted molar refractivity (Wildman–Crippen MR) is 117 cm³/mol. The molecule has 0 aliphatic carbocycles. The zero-order chi connectivity index (χ0) is 20.9. The van der Waals surface area contributed by atoms with Gasteiger partial charge in [-0.05, 0) is 68.3 Å². The number of unbranched alkanes of at least 4 members (excludes halogenated alkanes) is 2. The van der Waals surface area contributed by atoms with Crippen LogP contribution < -0.4 is 0 Å². The first-order valence-corrected chi connectivity index (χ1v) is 11.3. The number of hydrogen-bond acceptors (Lipinski definition) is 3. The molecule has 2 aromatic carbocycles. The van der Waals surface area contributed by atoms with E-state index in [2.05, 4.69) is 35.2 Å². The number of aryl methyl sites for hydroxylation is 1. The fourth-order valence-corrected chi connectivity index (χ4v) is 5.62. The lowest BCUT2D eigenvalue weighted by Gasteiger charge is -2.43. The molecule has 0 saturated carbocycles. The van der Waals surface area contributed by atoms with E-state index in [1.165, 1.54) is 37.6 Å². The zero-order valence-electron chi connectivity index (χ0n) is 17.8. The molecule has 0 aromatic heterocycles. The minimum absolute atomic E-state index is 0.116. The number of rotatable bonds is 8. The van der Waals surface area contributed by atoms with Crippen molar-refractivity contribution < 1.29 is 13.9 Å². The highest BCUT2D eigenvalue weighted by atomic mass is 19.1. The van der Waals surface area contributed by atoms with Gasteiger partial charge >= 0.3 is 5.97 Å². The number of methoxy groups -OCH3 is 1. The molecule has 160 valence electrons. The number of nitrogens with zero attached hydrogens (tertiary/aromatic N) is 1. The summed E-state index contributed by atoms with van der Waals surface area (Å²) in [5.41, 5.74) is 2.47. The predicted octanol–water partition coefficient (Wildman–Crippen LogP) is 5.35. The molecule has 4 atom stereocenters. The number of esters is 1. The van der Waals surface area contributed by atoms with Gasteiger partial charge in [0.2, 0.25) is 0 Å². The largest absolute Gasteiger partial charge is 0.469 e. The van der Waals surface area contributed by atoms with Gasteiger partial charge < -0.3 is 4.74 Å². The van der Waals surface area contributed by atoms with Crippen molar-refractivity contribution in [3.8, 4) is 0 Å². The SMILES string of the molecule is COC(=O)[C@H]1[C@@H](c2ccc(F)cc2)C[C@@H]2CC[C@H]1N2CCCCCc1ccccc1. The third kappa shape index (κ3) is 4.59. The second-order valence-electron chi connectivity index (χ2n) is 8.78. The monoisotopic (exact) mass is 409 g/mol. The number of ether oxygens (including phenoxy) is 1. The van der Waals surface area contributed by atoms with Gasteiger partial charge in [-0.15, -0.1) is 0 Å². The highest BCUT2D eigenvalue weighted by Crippen LogP contribution is 2.47. The van der Waals surface area contributed by atoms with Gasteiger partial charge in [-0.2, -0.15) is 0 Å². The van der Waals surface area contributed by atoms with E-state index in [9.17, 15) is 9.18 Å². The van der Waals surface area contributed by atoms with Gasteiger partial charge in [0.25, 0.3) is 0 Å². The van der Waals surface area contributed by atoms with Gasteiger partial charge in [0, 0.05) is 18.0 Å². The normalized spacial score (nSPS) is 25.9. The van der Waals surface area contributed by atoms with Crippen LogP contribution in [0, 0.1) is 11.7 Å². The molecule has 2 aliphatic heterocycles. The van der Waals surface area contributed by atoms with Crippen molar-refractivity contribution in [1.82, 2.24) is 4.90 Å². The van der Waals surface area contributed by atoms with Crippen LogP contribution in [0.3, 0.4) is 0 Å². The van der Waals surface area contributed by atoms with Crippen molar-refractivity contribution in [3.05, 3.63) is 71.5 Å². The molecule has 0 spiro atoms. The van der Waals surface area contributed by atoms with Crippen molar-refractivity contribution in [1.29, 1.82) is 0 Å². The summed E-state index contributed by atoms with van der Waals surface area (Å²) in [7, 11) is 1.49. The molecule has 2 bridgehead atoms. The van der Waals surface area contributed by atoms with Crippen LogP contribution in [0.15, 0.2) is 54.6 Å². The quantitative estimate of drug-likeness (QED) is 0.435. The Balaban J connectivity index is 1.37. The van der Waals surface area contributed by atoms with Crippen molar-refractivity contribution >= 4 is 5.97 Å². The molecule has 2 saturated heterocycles. The highest BCUT2D eigenvalue weighted by molar-refractivity contribution is 5.75. The Bertz CT molecular complexity index is 823. The Morgan fingerprint density at radius 1 is 1.03 bits per heavy atom. The van der Waals surface area contributed by atoms with E-state index in [0.29, 0.717) is 6.04 Å². The lowest BCUT2D eigenvalue weighted by molar-refractivity contribution is -0.150. The van der Waals surface area contributed by atoms with Gasteiger partial charge in [-0.3, -0.25) is 9.69 Å². The summed E-state index contributed by atoms with van der Waals surface area (Å²) in [5.74, 6) is -0.401. The zero-order valence-corrected chi connectivity index (χ0v) is 17.8. The Hall–Kier alpha value is -2.20. The molecule has 4 heteroatoms. The van der Waals surface area contributed by atoms with Crippen molar-refractivity contribution in [2.24, 2.45) is 5.92 Å². The molecular weight excluding hydrogens is 377 g/mol. The molecule has 2 heterocycles. The molecule has 0 unspecified atom stereocenters. The lowest BCUT2D eigenvalue weighted by Crippen LogP contribution is -2.51. The first-order chi connectivity index (χ1) is 14.7. The molecule has 4 rings (SSSR count). The van der Waals surface area contributed by atoms with Crippen LogP contribution in [0.5, 0.6) is 0 Å². The fraction of sp³-hybridized carbons (Fsp3) is 0.500. The molecule has 2 aliphatic rings. The molecule has 0 amide bonds. The van der Waals surface area contributed by atoms with E-state index >= 15 is 0 Å². The van der Waals surface area contributed by atoms with Crippen molar-refractivity contribution in [2.75, 3.05) is 13.7 Å². The van der Waals surface area contributed by atoms with Crippen LogP contribution in [-0.2, 0) is 16.0 Å². The number of halogens is 1. The maximum Gasteiger partial charge on any atom is 0.310 e. The maximum absolute atomic E-state index is 13.4. The first-order valence-electron chi connectivity index (χ1n) is 11.3. The Kier molecular flexibility index (Phi) is 6.83. The van der Waals surface area contributed by atoms with Gasteiger partial charge in [-0.25, -0.2) is 4.39 Å². The summed E-state index contributed by atoms with van der Waals surface area (Å²) in [5, 5.41) is 0. The van der Waals surface area contributed by atoms with E-state index in [-0.39, 0.29) is 29.7 Å². The van der Waals surface area contributed by atoms with E-state index in [0.717, 1.165) is 44.2 Å². The summed E-state index contributed by atoms with van der Waals surface area (Å²) in [6.45, 7) is 1.05. The second kappa shape index (κ2) is 9.74. The summed E-state index contributed by atoms with van der Waals surface area (Å²) in [6, 6.07) is 18.1. The van der Waals surface area contributed by atoms with Crippen LogP contribution >= 0.6 is 0 Å². The smallest absolute Gasteiger partial charge is 0.310 e. The van der Waals surface area contributed by atoms with Crippen molar-refractivity contribution in [2.45, 2.75) is 62.9 Å². The molecule has 0 N–H and O–H groups in total. The van der Waals surface area contributed by atoms with Crippen LogP contribution in [0.4, 0.5) is 4.39 Å². The molecule has 2 fully saturated rings. The van der Waals surface area contributed by atoms with Crippen LogP contribution in [0.2, 0.25) is 0 Å². The number of benzene rings is 2. The number of hydrogen-bond donors (Lipinski definition) is 0. The minimum atomic E-state index is -0.232. The van der Waals surface area contributed by atoms with Crippen LogP contribution in [-0.4, -0.2) is 36.6 Å². The maximum atomic E-state index is 13.4.